The van der Waals surface area contributed by atoms with Crippen molar-refractivity contribution in [3.63, 3.8) is 0 Å². The molecule has 366 valence electrons. The molecule has 4 aromatic rings. The molecule has 2 aromatic carbocycles. The molecular weight excluding hydrogens is 873 g/mol. The van der Waals surface area contributed by atoms with Crippen LogP contribution >= 0.6 is 0 Å². The van der Waals surface area contributed by atoms with Crippen molar-refractivity contribution in [3.8, 4) is 33.6 Å². The van der Waals surface area contributed by atoms with Gasteiger partial charge in [-0.05, 0) is 74.6 Å². The number of H-pyrrole nitrogens is 2. The molecule has 2 aromatic heterocycles. The first-order valence-electron chi connectivity index (χ1n) is 23.7. The predicted molar refractivity (Wildman–Crippen MR) is 250 cm³/mol. The van der Waals surface area contributed by atoms with Crippen LogP contribution in [0, 0.1) is 11.8 Å². The third-order valence-electron chi connectivity index (χ3n) is 13.5. The number of carbonyl (C=O) groups is 4. The Hall–Kier alpha value is -5.82. The molecule has 8 rings (SSSR count). The van der Waals surface area contributed by atoms with Crippen LogP contribution in [0.15, 0.2) is 60.9 Å². The van der Waals surface area contributed by atoms with Crippen molar-refractivity contribution >= 4 is 24.0 Å². The Balaban J connectivity index is 0.989. The number of benzene rings is 2. The molecule has 0 radical (unpaired) electrons. The van der Waals surface area contributed by atoms with Crippen LogP contribution in [0.2, 0.25) is 0 Å². The van der Waals surface area contributed by atoms with E-state index in [0.29, 0.717) is 24.5 Å². The van der Waals surface area contributed by atoms with Gasteiger partial charge in [-0.3, -0.25) is 9.59 Å². The van der Waals surface area contributed by atoms with Gasteiger partial charge in [0.05, 0.1) is 87.6 Å². The summed E-state index contributed by atoms with van der Waals surface area (Å²) in [6.45, 7) is 15.9. The summed E-state index contributed by atoms with van der Waals surface area (Å²) in [6, 6.07) is 13.6. The van der Waals surface area contributed by atoms with E-state index in [1.807, 2.05) is 79.7 Å². The maximum absolute atomic E-state index is 14.3. The van der Waals surface area contributed by atoms with Crippen molar-refractivity contribution in [2.24, 2.45) is 11.8 Å². The van der Waals surface area contributed by atoms with Gasteiger partial charge in [0.2, 0.25) is 11.8 Å². The van der Waals surface area contributed by atoms with Crippen LogP contribution in [-0.4, -0.2) is 129 Å². The number of carbonyl (C=O) groups excluding carboxylic acids is 4. The average molecular weight is 939 g/mol. The number of nitrogens with zero attached hydrogens (tertiary/aromatic N) is 4. The van der Waals surface area contributed by atoms with Crippen molar-refractivity contribution in [1.82, 2.24) is 40.4 Å². The Morgan fingerprint density at radius 3 is 1.22 bits per heavy atom. The number of alkyl carbamates (subject to hydrolysis) is 2. The lowest BCUT2D eigenvalue weighted by Crippen LogP contribution is -2.53. The molecule has 2 spiro atoms. The summed E-state index contributed by atoms with van der Waals surface area (Å²) in [7, 11) is 2.55. The summed E-state index contributed by atoms with van der Waals surface area (Å²) in [4.78, 5) is 73.1. The van der Waals surface area contributed by atoms with Crippen molar-refractivity contribution in [2.45, 2.75) is 141 Å². The van der Waals surface area contributed by atoms with Crippen LogP contribution in [0.5, 0.6) is 0 Å². The molecule has 18 nitrogen and oxygen atoms in total. The fourth-order valence-corrected chi connectivity index (χ4v) is 10.4. The number of amides is 4. The number of hydrogen-bond acceptors (Lipinski definition) is 12. The standard InChI is InChI=1S/C50H66N8O10/c1-27(2)41(55-47(61)63-9)45(59)57-25-49(65-29(5)19-30(6)66-49)21-39(57)43-51-23-37(53-43)35-15-11-33(12-16-35)34-13-17-36(18-14-34)38-24-52-44(54-38)40-22-50(67-31(7)20-32(8)68-50)26-58(40)46(60)42(28(3)4)56-48(62)64-10/h11-18,23-24,27-32,39-42H,19-22,25-26H2,1-10H3,(H,51,53)(H,52,54)(H,55,61)(H,56,62)/t29-,30-,31+,32+,39-,40-,41-,42-/m0/s1. The SMILES string of the molecule is COC(=O)N[C@H](C(=O)N1CC2(C[C@H]1c1ncc(-c3ccc(-c4ccc(-c5cnc([C@@H]6CC7(CN6C(=O)[C@@H](NC(=O)OC)C(C)C)O[C@@H](C)C[C@H](C)O7)[nH]5)cc4)cc3)[nH]1)O[C@H](C)C[C@@H](C)O2)C(C)C. The van der Waals surface area contributed by atoms with Gasteiger partial charge < -0.3 is 58.8 Å². The minimum absolute atomic E-state index is 0.0626. The number of imidazole rings is 2. The average Bonchev–Trinajstić information content (AvgIpc) is 4.12. The Kier molecular flexibility index (Phi) is 14.1. The Labute approximate surface area is 397 Å². The highest BCUT2D eigenvalue weighted by Gasteiger charge is 2.55. The summed E-state index contributed by atoms with van der Waals surface area (Å²) in [6.07, 6.45) is 4.15. The molecule has 8 atom stereocenters. The summed E-state index contributed by atoms with van der Waals surface area (Å²) < 4.78 is 35.4. The number of likely N-dealkylation sites (tertiary alicyclic amines) is 2. The molecule has 4 aliphatic heterocycles. The first-order valence-corrected chi connectivity index (χ1v) is 23.7. The van der Waals surface area contributed by atoms with E-state index in [1.165, 1.54) is 14.2 Å². The van der Waals surface area contributed by atoms with E-state index in [1.54, 1.807) is 22.2 Å². The Morgan fingerprint density at radius 1 is 0.588 bits per heavy atom. The van der Waals surface area contributed by atoms with Gasteiger partial charge in [0, 0.05) is 12.8 Å². The smallest absolute Gasteiger partial charge is 0.407 e. The van der Waals surface area contributed by atoms with Crippen molar-refractivity contribution in [1.29, 1.82) is 0 Å². The summed E-state index contributed by atoms with van der Waals surface area (Å²) in [5, 5.41) is 5.45. The molecule has 4 fully saturated rings. The van der Waals surface area contributed by atoms with Crippen LogP contribution in [0.3, 0.4) is 0 Å². The minimum Gasteiger partial charge on any atom is -0.453 e. The van der Waals surface area contributed by atoms with E-state index >= 15 is 0 Å². The molecule has 0 saturated carbocycles. The van der Waals surface area contributed by atoms with E-state index in [0.717, 1.165) is 46.5 Å². The van der Waals surface area contributed by atoms with Gasteiger partial charge in [0.1, 0.15) is 23.7 Å². The van der Waals surface area contributed by atoms with Crippen molar-refractivity contribution in [3.05, 3.63) is 72.6 Å². The zero-order chi connectivity index (χ0) is 48.7. The van der Waals surface area contributed by atoms with Crippen LogP contribution in [0.1, 0.15) is 105 Å². The molecule has 4 aliphatic rings. The number of hydrogen-bond donors (Lipinski definition) is 4. The molecule has 68 heavy (non-hydrogen) atoms. The lowest BCUT2D eigenvalue weighted by Gasteiger charge is -2.40. The minimum atomic E-state index is -1.02. The second kappa shape index (κ2) is 19.7. The van der Waals surface area contributed by atoms with Gasteiger partial charge in [-0.1, -0.05) is 76.2 Å². The summed E-state index contributed by atoms with van der Waals surface area (Å²) >= 11 is 0. The number of rotatable bonds is 11. The fourth-order valence-electron chi connectivity index (χ4n) is 10.4. The van der Waals surface area contributed by atoms with Crippen LogP contribution in [0.25, 0.3) is 33.6 Å². The first-order chi connectivity index (χ1) is 32.4. The maximum Gasteiger partial charge on any atom is 0.407 e. The van der Waals surface area contributed by atoms with E-state index < -0.39 is 47.9 Å². The number of aromatic nitrogens is 4. The largest absolute Gasteiger partial charge is 0.453 e. The van der Waals surface area contributed by atoms with Crippen LogP contribution in [-0.2, 0) is 38.0 Å². The molecule has 6 heterocycles. The second-order valence-electron chi connectivity index (χ2n) is 19.6. The number of aromatic amines is 2. The van der Waals surface area contributed by atoms with E-state index in [9.17, 15) is 19.2 Å². The first kappa shape index (κ1) is 48.6. The lowest BCUT2D eigenvalue weighted by molar-refractivity contribution is -0.304. The molecule has 0 unspecified atom stereocenters. The molecule has 4 amide bonds. The zero-order valence-corrected chi connectivity index (χ0v) is 40.7. The molecule has 4 saturated heterocycles. The fraction of sp³-hybridized carbons (Fsp3) is 0.560. The Bertz CT molecular complexity index is 2250. The lowest BCUT2D eigenvalue weighted by atomic mass is 10.0. The van der Waals surface area contributed by atoms with Crippen molar-refractivity contribution in [2.75, 3.05) is 27.3 Å². The van der Waals surface area contributed by atoms with E-state index in [2.05, 4.69) is 44.9 Å². The van der Waals surface area contributed by atoms with Crippen molar-refractivity contribution < 1.29 is 47.6 Å². The molecular formula is C50H66N8O10. The van der Waals surface area contributed by atoms with Gasteiger partial charge in [0.25, 0.3) is 0 Å². The predicted octanol–water partition coefficient (Wildman–Crippen LogP) is 7.26. The number of nitrogens with one attached hydrogen (secondary N) is 4. The highest BCUT2D eigenvalue weighted by Crippen LogP contribution is 2.46. The second-order valence-corrected chi connectivity index (χ2v) is 19.6. The van der Waals surface area contributed by atoms with Crippen LogP contribution in [0.4, 0.5) is 9.59 Å². The highest BCUT2D eigenvalue weighted by atomic mass is 16.7. The molecule has 4 N–H and O–H groups in total. The quantitative estimate of drug-likeness (QED) is 0.117. The zero-order valence-electron chi connectivity index (χ0n) is 40.7. The highest BCUT2D eigenvalue weighted by molar-refractivity contribution is 5.87. The normalized spacial score (nSPS) is 28.0. The topological polar surface area (TPSA) is 212 Å². The van der Waals surface area contributed by atoms with Gasteiger partial charge in [-0.25, -0.2) is 19.6 Å². The van der Waals surface area contributed by atoms with E-state index in [4.69, 9.17) is 38.4 Å². The molecule has 0 aliphatic carbocycles. The van der Waals surface area contributed by atoms with E-state index in [-0.39, 0.29) is 61.2 Å². The van der Waals surface area contributed by atoms with Gasteiger partial charge >= 0.3 is 12.2 Å². The van der Waals surface area contributed by atoms with Gasteiger partial charge in [-0.15, -0.1) is 0 Å². The monoisotopic (exact) mass is 938 g/mol. The molecule has 18 heteroatoms. The number of methoxy groups -OCH3 is 2. The molecule has 0 bridgehead atoms. The summed E-state index contributed by atoms with van der Waals surface area (Å²) in [5.41, 5.74) is 5.40. The number of ether oxygens (including phenoxy) is 6. The maximum atomic E-state index is 14.3. The van der Waals surface area contributed by atoms with Gasteiger partial charge in [0.15, 0.2) is 11.6 Å². The van der Waals surface area contributed by atoms with Gasteiger partial charge in [-0.2, -0.15) is 0 Å². The third-order valence-corrected chi connectivity index (χ3v) is 13.5. The third kappa shape index (κ3) is 10.1. The summed E-state index contributed by atoms with van der Waals surface area (Å²) in [5.74, 6) is -1.83. The Morgan fingerprint density at radius 2 is 0.912 bits per heavy atom. The van der Waals surface area contributed by atoms with Crippen LogP contribution < -0.4 is 10.6 Å².